The lowest BCUT2D eigenvalue weighted by molar-refractivity contribution is 1.03. The van der Waals surface area contributed by atoms with E-state index in [0.717, 1.165) is 17.6 Å². The van der Waals surface area contributed by atoms with Crippen LogP contribution < -0.4 is 0 Å². The standard InChI is InChI=1S/C11H12N2/c1-3-10-9-6-4-5-8(2)11(9)13-7-12-10/h4-7H,3H2,1-2H3. The monoisotopic (exact) mass is 172 g/mol. The molecule has 0 aliphatic rings. The molecule has 0 spiro atoms. The van der Waals surface area contributed by atoms with Crippen LogP contribution in [0.5, 0.6) is 0 Å². The highest BCUT2D eigenvalue weighted by atomic mass is 14.8. The summed E-state index contributed by atoms with van der Waals surface area (Å²) in [5, 5.41) is 1.19. The molecular weight excluding hydrogens is 160 g/mol. The third-order valence-corrected chi connectivity index (χ3v) is 2.28. The first-order chi connectivity index (χ1) is 6.33. The van der Waals surface area contributed by atoms with Crippen LogP contribution in [0.4, 0.5) is 0 Å². The second kappa shape index (κ2) is 3.13. The number of hydrogen-bond donors (Lipinski definition) is 0. The molecule has 0 fully saturated rings. The number of aromatic nitrogens is 2. The van der Waals surface area contributed by atoms with Crippen LogP contribution in [0, 0.1) is 6.92 Å². The maximum Gasteiger partial charge on any atom is 0.116 e. The van der Waals surface area contributed by atoms with Crippen molar-refractivity contribution in [2.45, 2.75) is 20.3 Å². The summed E-state index contributed by atoms with van der Waals surface area (Å²) < 4.78 is 0. The van der Waals surface area contributed by atoms with Crippen LogP contribution in [0.25, 0.3) is 10.9 Å². The average Bonchev–Trinajstić information content (AvgIpc) is 2.18. The molecule has 0 amide bonds. The molecule has 0 aliphatic carbocycles. The summed E-state index contributed by atoms with van der Waals surface area (Å²) in [6, 6.07) is 6.22. The Morgan fingerprint density at radius 2 is 2.08 bits per heavy atom. The van der Waals surface area contributed by atoms with Crippen LogP contribution >= 0.6 is 0 Å². The first-order valence-electron chi connectivity index (χ1n) is 4.52. The summed E-state index contributed by atoms with van der Waals surface area (Å²) in [6.07, 6.45) is 2.61. The van der Waals surface area contributed by atoms with E-state index in [-0.39, 0.29) is 0 Å². The molecule has 0 radical (unpaired) electrons. The number of nitrogens with zero attached hydrogens (tertiary/aromatic N) is 2. The second-order valence-corrected chi connectivity index (χ2v) is 3.14. The Morgan fingerprint density at radius 3 is 2.85 bits per heavy atom. The summed E-state index contributed by atoms with van der Waals surface area (Å²) in [6.45, 7) is 4.19. The van der Waals surface area contributed by atoms with E-state index in [4.69, 9.17) is 0 Å². The molecular formula is C11H12N2. The molecule has 0 saturated carbocycles. The normalized spacial score (nSPS) is 10.6. The van der Waals surface area contributed by atoms with Gasteiger partial charge in [0.05, 0.1) is 11.2 Å². The summed E-state index contributed by atoms with van der Waals surface area (Å²) in [4.78, 5) is 8.53. The van der Waals surface area contributed by atoms with E-state index in [2.05, 4.69) is 42.0 Å². The van der Waals surface area contributed by atoms with Crippen molar-refractivity contribution in [1.82, 2.24) is 9.97 Å². The van der Waals surface area contributed by atoms with E-state index in [1.54, 1.807) is 6.33 Å². The first-order valence-corrected chi connectivity index (χ1v) is 4.52. The number of rotatable bonds is 1. The van der Waals surface area contributed by atoms with Gasteiger partial charge in [0.1, 0.15) is 6.33 Å². The summed E-state index contributed by atoms with van der Waals surface area (Å²) in [7, 11) is 0. The summed E-state index contributed by atoms with van der Waals surface area (Å²) in [5.74, 6) is 0. The molecule has 2 nitrogen and oxygen atoms in total. The molecule has 2 aromatic rings. The highest BCUT2D eigenvalue weighted by molar-refractivity contribution is 5.83. The van der Waals surface area contributed by atoms with E-state index in [1.807, 2.05) is 0 Å². The third-order valence-electron chi connectivity index (χ3n) is 2.28. The van der Waals surface area contributed by atoms with Crippen LogP contribution in [0.15, 0.2) is 24.5 Å². The molecule has 0 atom stereocenters. The van der Waals surface area contributed by atoms with Gasteiger partial charge < -0.3 is 0 Å². The van der Waals surface area contributed by atoms with E-state index < -0.39 is 0 Å². The Labute approximate surface area is 77.6 Å². The molecule has 0 unspecified atom stereocenters. The molecule has 1 aromatic heterocycles. The molecule has 2 heteroatoms. The van der Waals surface area contributed by atoms with Crippen molar-refractivity contribution in [2.75, 3.05) is 0 Å². The second-order valence-electron chi connectivity index (χ2n) is 3.14. The Morgan fingerprint density at radius 1 is 1.23 bits per heavy atom. The first kappa shape index (κ1) is 8.17. The Kier molecular flexibility index (Phi) is 1.97. The van der Waals surface area contributed by atoms with E-state index in [0.29, 0.717) is 0 Å². The zero-order chi connectivity index (χ0) is 9.26. The van der Waals surface area contributed by atoms with Crippen molar-refractivity contribution < 1.29 is 0 Å². The number of para-hydroxylation sites is 1. The average molecular weight is 172 g/mol. The molecule has 2 rings (SSSR count). The van der Waals surface area contributed by atoms with Crippen molar-refractivity contribution in [3.05, 3.63) is 35.8 Å². The number of aryl methyl sites for hydroxylation is 2. The van der Waals surface area contributed by atoms with Gasteiger partial charge >= 0.3 is 0 Å². The van der Waals surface area contributed by atoms with Crippen molar-refractivity contribution >= 4 is 10.9 Å². The maximum atomic E-state index is 4.28. The Bertz CT molecular complexity index is 435. The summed E-state index contributed by atoms with van der Waals surface area (Å²) >= 11 is 0. The topological polar surface area (TPSA) is 25.8 Å². The van der Waals surface area contributed by atoms with Crippen molar-refractivity contribution in [3.63, 3.8) is 0 Å². The van der Waals surface area contributed by atoms with Gasteiger partial charge in [-0.25, -0.2) is 9.97 Å². The minimum Gasteiger partial charge on any atom is -0.241 e. The zero-order valence-corrected chi connectivity index (χ0v) is 7.91. The minimum absolute atomic E-state index is 0.961. The molecule has 1 heterocycles. The predicted molar refractivity (Wildman–Crippen MR) is 53.7 cm³/mol. The molecule has 1 aromatic carbocycles. The van der Waals surface area contributed by atoms with Crippen LogP contribution in [0.3, 0.4) is 0 Å². The Balaban J connectivity index is 2.84. The minimum atomic E-state index is 0.961. The van der Waals surface area contributed by atoms with Crippen molar-refractivity contribution in [1.29, 1.82) is 0 Å². The van der Waals surface area contributed by atoms with Gasteiger partial charge in [-0.1, -0.05) is 25.1 Å². The SMILES string of the molecule is CCc1ncnc2c(C)cccc12. The van der Waals surface area contributed by atoms with Crippen LogP contribution in [-0.2, 0) is 6.42 Å². The van der Waals surface area contributed by atoms with Crippen molar-refractivity contribution in [3.8, 4) is 0 Å². The number of benzene rings is 1. The fourth-order valence-corrected chi connectivity index (χ4v) is 1.57. The largest absolute Gasteiger partial charge is 0.241 e. The zero-order valence-electron chi connectivity index (χ0n) is 7.91. The van der Waals surface area contributed by atoms with E-state index in [9.17, 15) is 0 Å². The molecule has 66 valence electrons. The van der Waals surface area contributed by atoms with Gasteiger partial charge in [-0.2, -0.15) is 0 Å². The van der Waals surface area contributed by atoms with Crippen LogP contribution in [-0.4, -0.2) is 9.97 Å². The van der Waals surface area contributed by atoms with Gasteiger partial charge in [0, 0.05) is 5.39 Å². The molecule has 13 heavy (non-hydrogen) atoms. The molecule has 0 bridgehead atoms. The number of fused-ring (bicyclic) bond motifs is 1. The van der Waals surface area contributed by atoms with E-state index in [1.165, 1.54) is 10.9 Å². The lowest BCUT2D eigenvalue weighted by atomic mass is 10.1. The summed E-state index contributed by atoms with van der Waals surface area (Å²) in [5.41, 5.74) is 3.43. The van der Waals surface area contributed by atoms with Gasteiger partial charge in [0.2, 0.25) is 0 Å². The van der Waals surface area contributed by atoms with Crippen molar-refractivity contribution in [2.24, 2.45) is 0 Å². The lowest BCUT2D eigenvalue weighted by Gasteiger charge is -2.03. The smallest absolute Gasteiger partial charge is 0.116 e. The Hall–Kier alpha value is -1.44. The molecule has 0 aliphatic heterocycles. The highest BCUT2D eigenvalue weighted by Gasteiger charge is 2.02. The van der Waals surface area contributed by atoms with Gasteiger partial charge in [-0.3, -0.25) is 0 Å². The quantitative estimate of drug-likeness (QED) is 0.660. The van der Waals surface area contributed by atoms with Gasteiger partial charge in [0.15, 0.2) is 0 Å². The third kappa shape index (κ3) is 1.28. The fraction of sp³-hybridized carbons (Fsp3) is 0.273. The van der Waals surface area contributed by atoms with Gasteiger partial charge in [-0.15, -0.1) is 0 Å². The van der Waals surface area contributed by atoms with Gasteiger partial charge in [-0.05, 0) is 18.9 Å². The van der Waals surface area contributed by atoms with Crippen LogP contribution in [0.1, 0.15) is 18.2 Å². The predicted octanol–water partition coefficient (Wildman–Crippen LogP) is 2.50. The lowest BCUT2D eigenvalue weighted by Crippen LogP contribution is -1.92. The fourth-order valence-electron chi connectivity index (χ4n) is 1.57. The molecule has 0 N–H and O–H groups in total. The van der Waals surface area contributed by atoms with E-state index >= 15 is 0 Å². The highest BCUT2D eigenvalue weighted by Crippen LogP contribution is 2.17. The van der Waals surface area contributed by atoms with Crippen LogP contribution in [0.2, 0.25) is 0 Å². The number of hydrogen-bond acceptors (Lipinski definition) is 2. The van der Waals surface area contributed by atoms with Gasteiger partial charge in [0.25, 0.3) is 0 Å². The maximum absolute atomic E-state index is 4.28. The molecule has 0 saturated heterocycles.